The van der Waals surface area contributed by atoms with Crippen LogP contribution in [0.4, 0.5) is 5.69 Å². The molecule has 1 aromatic rings. The summed E-state index contributed by atoms with van der Waals surface area (Å²) in [4.78, 5) is 4.06. The zero-order valence-corrected chi connectivity index (χ0v) is 9.52. The average Bonchev–Trinajstić information content (AvgIpc) is 2.76. The van der Waals surface area contributed by atoms with Gasteiger partial charge in [-0.3, -0.25) is 0 Å². The second-order valence-corrected chi connectivity index (χ2v) is 4.21. The fourth-order valence-corrected chi connectivity index (χ4v) is 2.27. The van der Waals surface area contributed by atoms with E-state index in [9.17, 15) is 5.11 Å². The van der Waals surface area contributed by atoms with E-state index < -0.39 is 0 Å². The van der Waals surface area contributed by atoms with Crippen LogP contribution in [0.1, 0.15) is 19.3 Å². The lowest BCUT2D eigenvalue weighted by Crippen LogP contribution is -2.26. The van der Waals surface area contributed by atoms with Gasteiger partial charge in [-0.2, -0.15) is 0 Å². The first-order valence-electron chi connectivity index (χ1n) is 5.71. The van der Waals surface area contributed by atoms with E-state index in [2.05, 4.69) is 10.3 Å². The number of nitrogens with zero attached hydrogens (tertiary/aromatic N) is 1. The van der Waals surface area contributed by atoms with Crippen molar-refractivity contribution in [1.82, 2.24) is 4.98 Å². The SMILES string of the molecule is COc1cc(NC2CCCC2CO)ccn1. The van der Waals surface area contributed by atoms with E-state index in [0.29, 0.717) is 17.8 Å². The topological polar surface area (TPSA) is 54.4 Å². The minimum absolute atomic E-state index is 0.264. The van der Waals surface area contributed by atoms with Crippen LogP contribution in [0.25, 0.3) is 0 Å². The molecule has 1 fully saturated rings. The van der Waals surface area contributed by atoms with Crippen molar-refractivity contribution in [3.8, 4) is 5.88 Å². The molecule has 0 saturated heterocycles. The first kappa shape index (κ1) is 11.2. The molecule has 16 heavy (non-hydrogen) atoms. The highest BCUT2D eigenvalue weighted by Gasteiger charge is 2.26. The van der Waals surface area contributed by atoms with Gasteiger partial charge in [0.25, 0.3) is 0 Å². The van der Waals surface area contributed by atoms with Crippen LogP contribution in [-0.2, 0) is 0 Å². The van der Waals surface area contributed by atoms with Crippen molar-refractivity contribution < 1.29 is 9.84 Å². The number of aliphatic hydroxyl groups is 1. The van der Waals surface area contributed by atoms with Gasteiger partial charge in [0, 0.05) is 36.5 Å². The first-order chi connectivity index (χ1) is 7.83. The molecule has 4 heteroatoms. The van der Waals surface area contributed by atoms with Crippen molar-refractivity contribution in [2.45, 2.75) is 25.3 Å². The third-order valence-electron chi connectivity index (χ3n) is 3.19. The van der Waals surface area contributed by atoms with Crippen LogP contribution in [0.5, 0.6) is 5.88 Å². The van der Waals surface area contributed by atoms with Gasteiger partial charge in [0.2, 0.25) is 5.88 Å². The van der Waals surface area contributed by atoms with E-state index in [-0.39, 0.29) is 6.61 Å². The van der Waals surface area contributed by atoms with Crippen LogP contribution >= 0.6 is 0 Å². The molecule has 0 aliphatic heterocycles. The molecule has 1 aliphatic carbocycles. The Morgan fingerprint density at radius 1 is 1.56 bits per heavy atom. The maximum absolute atomic E-state index is 9.24. The zero-order chi connectivity index (χ0) is 11.4. The number of ether oxygens (including phenoxy) is 1. The molecule has 4 nitrogen and oxygen atoms in total. The third-order valence-corrected chi connectivity index (χ3v) is 3.19. The fourth-order valence-electron chi connectivity index (χ4n) is 2.27. The van der Waals surface area contributed by atoms with Crippen molar-refractivity contribution in [3.05, 3.63) is 18.3 Å². The van der Waals surface area contributed by atoms with Crippen LogP contribution in [0.3, 0.4) is 0 Å². The predicted molar refractivity (Wildman–Crippen MR) is 62.6 cm³/mol. The van der Waals surface area contributed by atoms with Crippen LogP contribution in [0.15, 0.2) is 18.3 Å². The van der Waals surface area contributed by atoms with Gasteiger partial charge in [-0.25, -0.2) is 4.98 Å². The summed E-state index contributed by atoms with van der Waals surface area (Å²) in [6.45, 7) is 0.264. The molecular weight excluding hydrogens is 204 g/mol. The maximum atomic E-state index is 9.24. The number of aliphatic hydroxyl groups excluding tert-OH is 1. The Balaban J connectivity index is 2.02. The fraction of sp³-hybridized carbons (Fsp3) is 0.583. The van der Waals surface area contributed by atoms with E-state index >= 15 is 0 Å². The zero-order valence-electron chi connectivity index (χ0n) is 9.52. The summed E-state index contributed by atoms with van der Waals surface area (Å²) < 4.78 is 5.07. The van der Waals surface area contributed by atoms with Crippen molar-refractivity contribution >= 4 is 5.69 Å². The van der Waals surface area contributed by atoms with E-state index in [1.165, 1.54) is 6.42 Å². The lowest BCUT2D eigenvalue weighted by molar-refractivity contribution is 0.222. The molecule has 0 bridgehead atoms. The quantitative estimate of drug-likeness (QED) is 0.813. The van der Waals surface area contributed by atoms with E-state index in [1.807, 2.05) is 12.1 Å². The van der Waals surface area contributed by atoms with Gasteiger partial charge < -0.3 is 15.2 Å². The van der Waals surface area contributed by atoms with Gasteiger partial charge in [-0.05, 0) is 18.9 Å². The molecule has 0 amide bonds. The number of rotatable bonds is 4. The van der Waals surface area contributed by atoms with Crippen molar-refractivity contribution in [2.75, 3.05) is 19.0 Å². The van der Waals surface area contributed by atoms with Crippen molar-refractivity contribution in [1.29, 1.82) is 0 Å². The monoisotopic (exact) mass is 222 g/mol. The highest BCUT2D eigenvalue weighted by Crippen LogP contribution is 2.28. The Hall–Kier alpha value is -1.29. The summed E-state index contributed by atoms with van der Waals surface area (Å²) in [5, 5.41) is 12.7. The smallest absolute Gasteiger partial charge is 0.214 e. The highest BCUT2D eigenvalue weighted by molar-refractivity contribution is 5.46. The molecular formula is C12H18N2O2. The second kappa shape index (κ2) is 5.16. The van der Waals surface area contributed by atoms with Crippen molar-refractivity contribution in [2.24, 2.45) is 5.92 Å². The number of aromatic nitrogens is 1. The number of nitrogens with one attached hydrogen (secondary N) is 1. The molecule has 2 atom stereocenters. The molecule has 1 aliphatic rings. The summed E-state index contributed by atoms with van der Waals surface area (Å²) in [5.41, 5.74) is 1.01. The van der Waals surface area contributed by atoms with Crippen LogP contribution in [-0.4, -0.2) is 29.8 Å². The standard InChI is InChI=1S/C12H18N2O2/c1-16-12-7-10(5-6-13-12)14-11-4-2-3-9(11)8-15/h5-7,9,11,15H,2-4,8H2,1H3,(H,13,14). The molecule has 0 radical (unpaired) electrons. The molecule has 1 heterocycles. The van der Waals surface area contributed by atoms with Gasteiger partial charge >= 0.3 is 0 Å². The Kier molecular flexibility index (Phi) is 3.62. The normalized spacial score (nSPS) is 24.4. The lowest BCUT2D eigenvalue weighted by atomic mass is 10.1. The largest absolute Gasteiger partial charge is 0.481 e. The molecule has 2 rings (SSSR count). The summed E-state index contributed by atoms with van der Waals surface area (Å²) in [7, 11) is 1.61. The Bertz CT molecular complexity index is 344. The molecule has 1 aromatic heterocycles. The number of anilines is 1. The minimum Gasteiger partial charge on any atom is -0.481 e. The Labute approximate surface area is 95.7 Å². The lowest BCUT2D eigenvalue weighted by Gasteiger charge is -2.20. The number of hydrogen-bond donors (Lipinski definition) is 2. The van der Waals surface area contributed by atoms with Crippen molar-refractivity contribution in [3.63, 3.8) is 0 Å². The first-order valence-corrected chi connectivity index (χ1v) is 5.71. The second-order valence-electron chi connectivity index (χ2n) is 4.21. The summed E-state index contributed by atoms with van der Waals surface area (Å²) >= 11 is 0. The number of pyridine rings is 1. The Morgan fingerprint density at radius 2 is 2.44 bits per heavy atom. The third kappa shape index (κ3) is 2.44. The van der Waals surface area contributed by atoms with Gasteiger partial charge in [0.05, 0.1) is 7.11 Å². The average molecular weight is 222 g/mol. The number of methoxy groups -OCH3 is 1. The summed E-state index contributed by atoms with van der Waals surface area (Å²) in [6.07, 6.45) is 5.14. The van der Waals surface area contributed by atoms with E-state index in [0.717, 1.165) is 18.5 Å². The van der Waals surface area contributed by atoms with Crippen LogP contribution in [0.2, 0.25) is 0 Å². The van der Waals surface area contributed by atoms with Crippen LogP contribution in [0, 0.1) is 5.92 Å². The number of hydrogen-bond acceptors (Lipinski definition) is 4. The molecule has 88 valence electrons. The molecule has 0 aromatic carbocycles. The molecule has 2 unspecified atom stereocenters. The molecule has 2 N–H and O–H groups in total. The van der Waals surface area contributed by atoms with Gasteiger partial charge in [0.15, 0.2) is 0 Å². The maximum Gasteiger partial charge on any atom is 0.214 e. The van der Waals surface area contributed by atoms with Gasteiger partial charge in [0.1, 0.15) is 0 Å². The van der Waals surface area contributed by atoms with E-state index in [1.54, 1.807) is 13.3 Å². The predicted octanol–water partition coefficient (Wildman–Crippen LogP) is 1.66. The van der Waals surface area contributed by atoms with Crippen LogP contribution < -0.4 is 10.1 Å². The minimum atomic E-state index is 0.264. The van der Waals surface area contributed by atoms with Gasteiger partial charge in [-0.1, -0.05) is 6.42 Å². The molecule has 1 saturated carbocycles. The van der Waals surface area contributed by atoms with Gasteiger partial charge in [-0.15, -0.1) is 0 Å². The molecule has 0 spiro atoms. The highest BCUT2D eigenvalue weighted by atomic mass is 16.5. The van der Waals surface area contributed by atoms with E-state index in [4.69, 9.17) is 4.74 Å². The summed E-state index contributed by atoms with van der Waals surface area (Å²) in [6, 6.07) is 4.18. The summed E-state index contributed by atoms with van der Waals surface area (Å²) in [5.74, 6) is 0.989. The Morgan fingerprint density at radius 3 is 3.19 bits per heavy atom.